The summed E-state index contributed by atoms with van der Waals surface area (Å²) in [6.45, 7) is 4.78. The van der Waals surface area contributed by atoms with Crippen molar-refractivity contribution in [3.05, 3.63) is 168 Å². The first-order valence-corrected chi connectivity index (χ1v) is 30.3. The van der Waals surface area contributed by atoms with E-state index in [1.165, 1.54) is 44.5 Å². The van der Waals surface area contributed by atoms with E-state index < -0.39 is 21.5 Å². The van der Waals surface area contributed by atoms with E-state index >= 15 is 0 Å². The molecular weight excluding hydrogens is 623 g/mol. The van der Waals surface area contributed by atoms with Gasteiger partial charge in [0.05, 0.1) is 0 Å². The Balaban J connectivity index is 1.58. The molecule has 2 aliphatic carbocycles. The summed E-state index contributed by atoms with van der Waals surface area (Å²) in [6, 6.07) is 42.7. The molecule has 4 aromatic rings. The molecule has 0 aliphatic heterocycles. The van der Waals surface area contributed by atoms with Crippen LogP contribution in [0.5, 0.6) is 0 Å². The van der Waals surface area contributed by atoms with Gasteiger partial charge in [-0.1, -0.05) is 0 Å². The van der Waals surface area contributed by atoms with Crippen molar-refractivity contribution in [2.24, 2.45) is 0 Å². The molecule has 2 unspecified atom stereocenters. The van der Waals surface area contributed by atoms with Crippen LogP contribution in [0.15, 0.2) is 146 Å². The molecule has 0 amide bonds. The number of allylic oxidation sites excluding steroid dienone is 8. The summed E-state index contributed by atoms with van der Waals surface area (Å²) in [7, 11) is 16.8. The summed E-state index contributed by atoms with van der Waals surface area (Å²) in [6.07, 6.45) is 9.56. The van der Waals surface area contributed by atoms with E-state index in [4.69, 9.17) is 17.0 Å². The fraction of sp³-hybridized carbons (Fsp3) is 0.111. The third-order valence-corrected chi connectivity index (χ3v) is 60.7. The maximum absolute atomic E-state index is 8.40. The van der Waals surface area contributed by atoms with Crippen LogP contribution >= 0.6 is 17.0 Å². The summed E-state index contributed by atoms with van der Waals surface area (Å²) in [5.74, 6) is -1.62. The Morgan fingerprint density at radius 2 is 0.775 bits per heavy atom. The Morgan fingerprint density at radius 3 is 1.07 bits per heavy atom. The third kappa shape index (κ3) is 4.84. The van der Waals surface area contributed by atoms with Crippen molar-refractivity contribution in [1.82, 2.24) is 0 Å². The second-order valence-electron chi connectivity index (χ2n) is 11.2. The number of halogens is 2. The van der Waals surface area contributed by atoms with Crippen molar-refractivity contribution in [3.63, 3.8) is 0 Å². The quantitative estimate of drug-likeness (QED) is 0.174. The van der Waals surface area contributed by atoms with Crippen LogP contribution < -0.4 is 0 Å². The van der Waals surface area contributed by atoms with Crippen LogP contribution in [0.3, 0.4) is 0 Å². The predicted molar refractivity (Wildman–Crippen MR) is 176 cm³/mol. The minimum absolute atomic E-state index is 0.0116. The Kier molecular flexibility index (Phi) is 7.66. The average molecular weight is 656 g/mol. The van der Waals surface area contributed by atoms with Crippen LogP contribution in [0, 0.1) is 0 Å². The first kappa shape index (κ1) is 27.7. The molecule has 0 nitrogen and oxygen atoms in total. The van der Waals surface area contributed by atoms with Gasteiger partial charge in [-0.05, 0) is 0 Å². The van der Waals surface area contributed by atoms with Gasteiger partial charge in [0, 0.05) is 0 Å². The second kappa shape index (κ2) is 11.1. The standard InChI is InChI=1S/2C17H13.C2H7Si.2ClH.Zr/c2*1-3-7-14(8-4-1)16-11-12-17(13-16)15-9-5-2-6-10-15;1-3-2;;;/h2*1-13H;3H,1-2H3;2*1H;/q;;;;;+2/p-2. The van der Waals surface area contributed by atoms with Gasteiger partial charge in [-0.3, -0.25) is 0 Å². The van der Waals surface area contributed by atoms with Gasteiger partial charge in [0.2, 0.25) is 0 Å². The second-order valence-corrected chi connectivity index (χ2v) is 54.0. The normalized spacial score (nSPS) is 19.9. The topological polar surface area (TPSA) is 0 Å². The molecule has 4 aromatic carbocycles. The van der Waals surface area contributed by atoms with Crippen LogP contribution in [0.25, 0.3) is 22.3 Å². The molecule has 40 heavy (non-hydrogen) atoms. The molecular formula is C36H33Cl2SiZr. The molecule has 0 fully saturated rings. The van der Waals surface area contributed by atoms with Crippen LogP contribution in [-0.4, -0.2) is 5.92 Å². The fourth-order valence-electron chi connectivity index (χ4n) is 6.38. The molecule has 0 saturated carbocycles. The van der Waals surface area contributed by atoms with Crippen molar-refractivity contribution < 1.29 is 15.6 Å². The van der Waals surface area contributed by atoms with Gasteiger partial charge in [-0.15, -0.1) is 0 Å². The zero-order valence-corrected chi connectivity index (χ0v) is 28.0. The zero-order chi connectivity index (χ0) is 27.8. The fourth-order valence-corrected chi connectivity index (χ4v) is 33.5. The zero-order valence-electron chi connectivity index (χ0n) is 22.8. The Labute approximate surface area is 247 Å². The molecule has 6 rings (SSSR count). The molecule has 0 radical (unpaired) electrons. The van der Waals surface area contributed by atoms with E-state index in [9.17, 15) is 0 Å². The SMILES string of the molecule is C[SiH](C)[Zr]([Cl])([Cl])([CH]1C=C(c2ccccc2)C=C1c1ccccc1)[CH]1C=C(c2ccccc2)C=C1c1ccccc1. The van der Waals surface area contributed by atoms with Gasteiger partial charge >= 0.3 is 249 Å². The number of benzene rings is 4. The average Bonchev–Trinajstić information content (AvgIpc) is 3.67. The number of rotatable bonds is 7. The molecule has 0 bridgehead atoms. The Bertz CT molecular complexity index is 1520. The molecule has 0 N–H and O–H groups in total. The molecule has 2 atom stereocenters. The molecule has 199 valence electrons. The van der Waals surface area contributed by atoms with E-state index in [0.29, 0.717) is 0 Å². The first-order valence-electron chi connectivity index (χ1n) is 14.0. The summed E-state index contributed by atoms with van der Waals surface area (Å²) < 4.78 is 0.0232. The molecule has 0 spiro atoms. The van der Waals surface area contributed by atoms with Crippen molar-refractivity contribution in [1.29, 1.82) is 0 Å². The minimum atomic E-state index is -4.77. The van der Waals surface area contributed by atoms with Crippen LogP contribution in [-0.2, 0) is 15.6 Å². The third-order valence-electron chi connectivity index (χ3n) is 8.70. The van der Waals surface area contributed by atoms with Crippen molar-refractivity contribution >= 4 is 45.2 Å². The van der Waals surface area contributed by atoms with Crippen molar-refractivity contribution in [2.75, 3.05) is 0 Å². The van der Waals surface area contributed by atoms with Gasteiger partial charge in [-0.25, -0.2) is 0 Å². The van der Waals surface area contributed by atoms with E-state index in [-0.39, 0.29) is 7.25 Å². The van der Waals surface area contributed by atoms with Crippen molar-refractivity contribution in [2.45, 2.75) is 20.3 Å². The van der Waals surface area contributed by atoms with E-state index in [0.717, 1.165) is 0 Å². The van der Waals surface area contributed by atoms with E-state index in [1.54, 1.807) is 0 Å². The number of hydrogen-bond donors (Lipinski definition) is 0. The predicted octanol–water partition coefficient (Wildman–Crippen LogP) is 10.9. The Hall–Kier alpha value is -2.48. The van der Waals surface area contributed by atoms with Crippen LogP contribution in [0.4, 0.5) is 0 Å². The van der Waals surface area contributed by atoms with Crippen molar-refractivity contribution in [3.8, 4) is 0 Å². The van der Waals surface area contributed by atoms with Crippen LogP contribution in [0.2, 0.25) is 20.3 Å². The molecule has 4 heteroatoms. The molecule has 0 saturated heterocycles. The maximum atomic E-state index is 8.40. The molecule has 2 aliphatic rings. The van der Waals surface area contributed by atoms with Crippen LogP contribution in [0.1, 0.15) is 22.3 Å². The van der Waals surface area contributed by atoms with Gasteiger partial charge in [0.25, 0.3) is 0 Å². The molecule has 0 heterocycles. The monoisotopic (exact) mass is 653 g/mol. The van der Waals surface area contributed by atoms with E-state index in [1.807, 2.05) is 0 Å². The summed E-state index contributed by atoms with van der Waals surface area (Å²) in [5, 5.41) is 0. The van der Waals surface area contributed by atoms with E-state index in [2.05, 4.69) is 159 Å². The Morgan fingerprint density at radius 1 is 0.475 bits per heavy atom. The van der Waals surface area contributed by atoms with Gasteiger partial charge in [0.15, 0.2) is 0 Å². The van der Waals surface area contributed by atoms with Gasteiger partial charge in [0.1, 0.15) is 0 Å². The van der Waals surface area contributed by atoms with Gasteiger partial charge in [-0.2, -0.15) is 0 Å². The molecule has 0 aromatic heterocycles. The summed E-state index contributed by atoms with van der Waals surface area (Å²) in [4.78, 5) is 0. The number of hydrogen-bond acceptors (Lipinski definition) is 0. The summed E-state index contributed by atoms with van der Waals surface area (Å²) in [5.41, 5.74) is 9.81. The first-order chi connectivity index (χ1) is 19.4. The summed E-state index contributed by atoms with van der Waals surface area (Å²) >= 11 is -4.77. The van der Waals surface area contributed by atoms with Gasteiger partial charge < -0.3 is 0 Å².